The minimum absolute atomic E-state index is 0.227. The second-order valence-corrected chi connectivity index (χ2v) is 4.60. The Morgan fingerprint density at radius 1 is 1.38 bits per heavy atom. The van der Waals surface area contributed by atoms with E-state index in [2.05, 4.69) is 15.4 Å². The first kappa shape index (κ1) is 14.5. The van der Waals surface area contributed by atoms with Crippen LogP contribution in [0.3, 0.4) is 0 Å². The second-order valence-electron chi connectivity index (χ2n) is 4.60. The molecule has 0 spiro atoms. The van der Waals surface area contributed by atoms with Gasteiger partial charge in [0.2, 0.25) is 0 Å². The van der Waals surface area contributed by atoms with E-state index in [4.69, 9.17) is 10.4 Å². The van der Waals surface area contributed by atoms with Crippen molar-refractivity contribution in [2.75, 3.05) is 0 Å². The van der Waals surface area contributed by atoms with E-state index in [0.717, 1.165) is 0 Å². The molecule has 3 N–H and O–H groups in total. The minimum atomic E-state index is -1.29. The minimum Gasteiger partial charge on any atom is -0.481 e. The molecule has 1 heterocycles. The van der Waals surface area contributed by atoms with Crippen molar-refractivity contribution in [1.82, 2.24) is 15.4 Å². The van der Waals surface area contributed by atoms with Gasteiger partial charge in [0.25, 0.3) is 0 Å². The number of fused-ring (bicyclic) bond motifs is 1. The zero-order chi connectivity index (χ0) is 15.6. The number of hydrogen-bond acceptors (Lipinski definition) is 5. The molecule has 8 nitrogen and oxygen atoms in total. The number of aromatic nitrogens is 3. The third-order valence-corrected chi connectivity index (χ3v) is 3.25. The fourth-order valence-electron chi connectivity index (χ4n) is 2.25. The number of carbonyl (C=O) groups is 2. The molecule has 0 aliphatic rings. The molecule has 1 aromatic carbocycles. The Morgan fingerprint density at radius 2 is 2.10 bits per heavy atom. The van der Waals surface area contributed by atoms with E-state index >= 15 is 0 Å². The number of carboxylic acid groups (broad SMARTS) is 2. The highest BCUT2D eigenvalue weighted by atomic mass is 16.4. The maximum Gasteiger partial charge on any atom is 0.311 e. The summed E-state index contributed by atoms with van der Waals surface area (Å²) in [6.07, 6.45) is -0.591. The molecular weight excluding hydrogens is 276 g/mol. The first-order chi connectivity index (χ1) is 9.95. The lowest BCUT2D eigenvalue weighted by Gasteiger charge is -2.16. The Labute approximate surface area is 119 Å². The maximum absolute atomic E-state index is 11.5. The van der Waals surface area contributed by atoms with Crippen molar-refractivity contribution in [3.8, 4) is 6.07 Å². The summed E-state index contributed by atoms with van der Waals surface area (Å²) in [7, 11) is 0. The maximum atomic E-state index is 11.5. The van der Waals surface area contributed by atoms with E-state index in [0.29, 0.717) is 11.1 Å². The third-order valence-electron chi connectivity index (χ3n) is 3.25. The highest BCUT2D eigenvalue weighted by Crippen LogP contribution is 2.33. The van der Waals surface area contributed by atoms with E-state index in [-0.39, 0.29) is 11.1 Å². The van der Waals surface area contributed by atoms with Crippen LogP contribution in [0.2, 0.25) is 0 Å². The summed E-state index contributed by atoms with van der Waals surface area (Å²) in [5.41, 5.74) is 1.39. The lowest BCUT2D eigenvalue weighted by molar-refractivity contribution is -0.145. The van der Waals surface area contributed by atoms with Gasteiger partial charge in [0.15, 0.2) is 0 Å². The number of nitriles is 1. The van der Waals surface area contributed by atoms with Gasteiger partial charge in [-0.15, -0.1) is 0 Å². The van der Waals surface area contributed by atoms with Crippen LogP contribution in [0.25, 0.3) is 11.0 Å². The molecule has 0 saturated heterocycles. The number of nitrogens with zero attached hydrogens (tertiary/aromatic N) is 3. The molecule has 2 rings (SSSR count). The van der Waals surface area contributed by atoms with E-state index in [9.17, 15) is 14.7 Å². The number of H-pyrrole nitrogens is 1. The third kappa shape index (κ3) is 2.67. The van der Waals surface area contributed by atoms with Crippen molar-refractivity contribution in [2.45, 2.75) is 25.2 Å². The van der Waals surface area contributed by atoms with E-state index in [1.165, 1.54) is 0 Å². The van der Waals surface area contributed by atoms with Crippen LogP contribution >= 0.6 is 0 Å². The number of nitrogens with one attached hydrogen (secondary N) is 1. The van der Waals surface area contributed by atoms with Crippen molar-refractivity contribution < 1.29 is 19.8 Å². The monoisotopic (exact) mass is 288 g/mol. The first-order valence-electron chi connectivity index (χ1n) is 6.13. The van der Waals surface area contributed by atoms with E-state index in [1.54, 1.807) is 19.1 Å². The molecular formula is C13H12N4O4. The normalized spacial score (nSPS) is 13.5. The topological polar surface area (TPSA) is 140 Å². The zero-order valence-corrected chi connectivity index (χ0v) is 11.1. The predicted molar refractivity (Wildman–Crippen MR) is 70.5 cm³/mol. The van der Waals surface area contributed by atoms with Crippen molar-refractivity contribution >= 4 is 23.0 Å². The molecule has 2 unspecified atom stereocenters. The quantitative estimate of drug-likeness (QED) is 0.751. The molecule has 0 bridgehead atoms. The lowest BCUT2D eigenvalue weighted by Crippen LogP contribution is -2.18. The van der Waals surface area contributed by atoms with Crippen molar-refractivity contribution in [3.05, 3.63) is 23.3 Å². The number of carboxylic acids is 2. The second kappa shape index (κ2) is 5.58. The zero-order valence-electron chi connectivity index (χ0n) is 11.1. The Morgan fingerprint density at radius 3 is 2.67 bits per heavy atom. The van der Waals surface area contributed by atoms with Gasteiger partial charge in [-0.2, -0.15) is 20.7 Å². The standard InChI is InChI=1S/C13H12N4O4/c1-6(5-14)7-2-3-9-12(16-17-15-9)11(7)8(13(20)21)4-10(18)19/h2-3,6,8H,4H2,1H3,(H,18,19)(H,20,21)(H,15,16,17). The van der Waals surface area contributed by atoms with Gasteiger partial charge in [-0.05, 0) is 18.6 Å². The van der Waals surface area contributed by atoms with Crippen LogP contribution in [0, 0.1) is 11.3 Å². The Kier molecular flexibility index (Phi) is 3.84. The SMILES string of the molecule is CC(C#N)c1ccc2n[nH]nc2c1C(CC(=O)O)C(=O)O. The van der Waals surface area contributed by atoms with Crippen LogP contribution in [0.15, 0.2) is 12.1 Å². The largest absolute Gasteiger partial charge is 0.481 e. The summed E-state index contributed by atoms with van der Waals surface area (Å²) in [4.78, 5) is 22.4. The molecule has 0 saturated carbocycles. The molecule has 108 valence electrons. The van der Waals surface area contributed by atoms with Gasteiger partial charge >= 0.3 is 11.9 Å². The smallest absolute Gasteiger partial charge is 0.311 e. The highest BCUT2D eigenvalue weighted by Gasteiger charge is 2.30. The summed E-state index contributed by atoms with van der Waals surface area (Å²) >= 11 is 0. The number of benzene rings is 1. The van der Waals surface area contributed by atoms with Crippen LogP contribution in [0.1, 0.15) is 36.3 Å². The van der Waals surface area contributed by atoms with E-state index < -0.39 is 30.2 Å². The number of hydrogen-bond donors (Lipinski definition) is 3. The van der Waals surface area contributed by atoms with Gasteiger partial charge in [-0.3, -0.25) is 9.59 Å². The van der Waals surface area contributed by atoms with Crippen molar-refractivity contribution in [1.29, 1.82) is 5.26 Å². The summed E-state index contributed by atoms with van der Waals surface area (Å²) in [5.74, 6) is -4.39. The van der Waals surface area contributed by atoms with Crippen LogP contribution in [0.5, 0.6) is 0 Å². The average molecular weight is 288 g/mol. The lowest BCUT2D eigenvalue weighted by atomic mass is 9.86. The average Bonchev–Trinajstić information content (AvgIpc) is 2.91. The molecule has 2 atom stereocenters. The van der Waals surface area contributed by atoms with Gasteiger partial charge in [-0.1, -0.05) is 6.07 Å². The fraction of sp³-hybridized carbons (Fsp3) is 0.308. The molecule has 0 aliphatic carbocycles. The van der Waals surface area contributed by atoms with Crippen LogP contribution in [0.4, 0.5) is 0 Å². The van der Waals surface area contributed by atoms with Gasteiger partial charge in [0.05, 0.1) is 24.3 Å². The number of aromatic amines is 1. The van der Waals surface area contributed by atoms with Crippen LogP contribution in [-0.2, 0) is 9.59 Å². The fourth-order valence-corrected chi connectivity index (χ4v) is 2.25. The molecule has 0 fully saturated rings. The molecule has 2 aromatic rings. The number of rotatable bonds is 5. The Bertz CT molecular complexity index is 746. The summed E-state index contributed by atoms with van der Waals surface area (Å²) in [6.45, 7) is 1.62. The van der Waals surface area contributed by atoms with Gasteiger partial charge < -0.3 is 10.2 Å². The van der Waals surface area contributed by atoms with Crippen molar-refractivity contribution in [3.63, 3.8) is 0 Å². The molecule has 8 heteroatoms. The summed E-state index contributed by atoms with van der Waals surface area (Å²) in [6, 6.07) is 5.23. The van der Waals surface area contributed by atoms with Gasteiger partial charge in [0.1, 0.15) is 11.0 Å². The van der Waals surface area contributed by atoms with Crippen LogP contribution < -0.4 is 0 Å². The summed E-state index contributed by atoms with van der Waals surface area (Å²) in [5, 5.41) is 37.5. The first-order valence-corrected chi connectivity index (χ1v) is 6.13. The molecule has 1 aromatic heterocycles. The van der Waals surface area contributed by atoms with Gasteiger partial charge in [0, 0.05) is 5.56 Å². The number of aliphatic carboxylic acids is 2. The molecule has 0 radical (unpaired) electrons. The Hall–Kier alpha value is -2.95. The molecule has 21 heavy (non-hydrogen) atoms. The highest BCUT2D eigenvalue weighted by molar-refractivity contribution is 5.90. The Balaban J connectivity index is 2.72. The van der Waals surface area contributed by atoms with Gasteiger partial charge in [-0.25, -0.2) is 0 Å². The van der Waals surface area contributed by atoms with Crippen LogP contribution in [-0.4, -0.2) is 37.6 Å². The van der Waals surface area contributed by atoms with Crippen molar-refractivity contribution in [2.24, 2.45) is 0 Å². The predicted octanol–water partition coefficient (Wildman–Crippen LogP) is 1.23. The van der Waals surface area contributed by atoms with E-state index in [1.807, 2.05) is 6.07 Å². The molecule has 0 amide bonds. The molecule has 0 aliphatic heterocycles. The summed E-state index contributed by atoms with van der Waals surface area (Å²) < 4.78 is 0.